The van der Waals surface area contributed by atoms with Gasteiger partial charge in [-0.1, -0.05) is 35.5 Å². The average molecular weight is 457 g/mol. The Morgan fingerprint density at radius 2 is 1.87 bits per heavy atom. The number of hydrogen-bond donors (Lipinski definition) is 0. The van der Waals surface area contributed by atoms with Gasteiger partial charge in [-0.15, -0.1) is 10.2 Å². The number of likely N-dealkylation sites (tertiary alicyclic amines) is 1. The van der Waals surface area contributed by atoms with Crippen LogP contribution in [0.5, 0.6) is 5.75 Å². The molecule has 1 aromatic heterocycles. The molecule has 1 aliphatic rings. The first kappa shape index (κ1) is 21.7. The van der Waals surface area contributed by atoms with Crippen molar-refractivity contribution in [1.29, 1.82) is 0 Å². The smallest absolute Gasteiger partial charge is 0.253 e. The molecule has 0 radical (unpaired) electrons. The average Bonchev–Trinajstić information content (AvgIpc) is 3.17. The molecule has 1 fully saturated rings. The molecule has 1 aliphatic heterocycles. The lowest BCUT2D eigenvalue weighted by Crippen LogP contribution is -2.35. The standard InChI is InChI=1S/C23H25ClN4O2S/c1-27-21(15-30-20-10-8-19(24)9-11-20)25-26-23(27)31-16-17-6-5-7-18(14-17)22(29)28-12-3-2-4-13-28/h5-11,14H,2-4,12-13,15-16H2,1H3. The normalized spacial score (nSPS) is 13.9. The summed E-state index contributed by atoms with van der Waals surface area (Å²) in [7, 11) is 1.93. The van der Waals surface area contributed by atoms with Crippen molar-refractivity contribution >= 4 is 29.3 Å². The van der Waals surface area contributed by atoms with Crippen molar-refractivity contribution in [2.45, 2.75) is 36.8 Å². The highest BCUT2D eigenvalue weighted by molar-refractivity contribution is 7.98. The van der Waals surface area contributed by atoms with Crippen LogP contribution in [0.1, 0.15) is 41.0 Å². The predicted octanol–water partition coefficient (Wildman–Crippen LogP) is 4.97. The molecule has 8 heteroatoms. The first-order valence-electron chi connectivity index (χ1n) is 10.4. The third-order valence-electron chi connectivity index (χ3n) is 5.29. The van der Waals surface area contributed by atoms with Crippen molar-refractivity contribution < 1.29 is 9.53 Å². The SMILES string of the molecule is Cn1c(COc2ccc(Cl)cc2)nnc1SCc1cccc(C(=O)N2CCCCC2)c1. The number of carbonyl (C=O) groups excluding carboxylic acids is 1. The van der Waals surface area contributed by atoms with Gasteiger partial charge in [0.2, 0.25) is 0 Å². The quantitative estimate of drug-likeness (QED) is 0.470. The van der Waals surface area contributed by atoms with Crippen LogP contribution < -0.4 is 4.74 Å². The molecule has 3 aromatic rings. The second-order valence-electron chi connectivity index (χ2n) is 7.54. The van der Waals surface area contributed by atoms with Crippen LogP contribution in [0.25, 0.3) is 0 Å². The van der Waals surface area contributed by atoms with E-state index in [2.05, 4.69) is 10.2 Å². The number of halogens is 1. The van der Waals surface area contributed by atoms with Gasteiger partial charge in [0, 0.05) is 36.5 Å². The van der Waals surface area contributed by atoms with Crippen LogP contribution in [0.2, 0.25) is 5.02 Å². The summed E-state index contributed by atoms with van der Waals surface area (Å²) in [5.74, 6) is 2.32. The van der Waals surface area contributed by atoms with Gasteiger partial charge in [0.1, 0.15) is 12.4 Å². The Morgan fingerprint density at radius 1 is 1.10 bits per heavy atom. The molecule has 2 aromatic carbocycles. The Bertz CT molecular complexity index is 1030. The van der Waals surface area contributed by atoms with Crippen molar-refractivity contribution in [2.75, 3.05) is 13.1 Å². The first-order valence-corrected chi connectivity index (χ1v) is 11.7. The molecular weight excluding hydrogens is 432 g/mol. The lowest BCUT2D eigenvalue weighted by molar-refractivity contribution is 0.0724. The van der Waals surface area contributed by atoms with E-state index in [1.807, 2.05) is 52.9 Å². The number of rotatable bonds is 7. The number of aromatic nitrogens is 3. The van der Waals surface area contributed by atoms with E-state index in [4.69, 9.17) is 16.3 Å². The van der Waals surface area contributed by atoms with Crippen molar-refractivity contribution in [3.8, 4) is 5.75 Å². The predicted molar refractivity (Wildman–Crippen MR) is 123 cm³/mol. The topological polar surface area (TPSA) is 60.2 Å². The molecular formula is C23H25ClN4O2S. The number of carbonyl (C=O) groups is 1. The zero-order valence-electron chi connectivity index (χ0n) is 17.5. The van der Waals surface area contributed by atoms with E-state index in [-0.39, 0.29) is 5.91 Å². The highest BCUT2D eigenvalue weighted by Gasteiger charge is 2.18. The van der Waals surface area contributed by atoms with Crippen LogP contribution >= 0.6 is 23.4 Å². The van der Waals surface area contributed by atoms with Crippen LogP contribution in [0.15, 0.2) is 53.7 Å². The number of nitrogens with zero attached hydrogens (tertiary/aromatic N) is 4. The molecule has 0 atom stereocenters. The number of piperidine rings is 1. The van der Waals surface area contributed by atoms with Crippen LogP contribution in [-0.4, -0.2) is 38.7 Å². The van der Waals surface area contributed by atoms with E-state index in [0.29, 0.717) is 17.4 Å². The van der Waals surface area contributed by atoms with Crippen LogP contribution in [0, 0.1) is 0 Å². The first-order chi connectivity index (χ1) is 15.1. The molecule has 0 N–H and O–H groups in total. The van der Waals surface area contributed by atoms with Gasteiger partial charge >= 0.3 is 0 Å². The second-order valence-corrected chi connectivity index (χ2v) is 8.92. The summed E-state index contributed by atoms with van der Waals surface area (Å²) in [6.45, 7) is 2.04. The lowest BCUT2D eigenvalue weighted by atomic mass is 10.1. The van der Waals surface area contributed by atoms with E-state index >= 15 is 0 Å². The Balaban J connectivity index is 1.35. The number of amides is 1. The number of thioether (sulfide) groups is 1. The Morgan fingerprint density at radius 3 is 2.65 bits per heavy atom. The third-order valence-corrected chi connectivity index (χ3v) is 6.64. The van der Waals surface area contributed by atoms with Crippen LogP contribution in [0.4, 0.5) is 0 Å². The summed E-state index contributed by atoms with van der Waals surface area (Å²) in [6, 6.07) is 15.1. The molecule has 0 aliphatic carbocycles. The molecule has 0 saturated carbocycles. The monoisotopic (exact) mass is 456 g/mol. The fourth-order valence-corrected chi connectivity index (χ4v) is 4.50. The highest BCUT2D eigenvalue weighted by Crippen LogP contribution is 2.23. The summed E-state index contributed by atoms with van der Waals surface area (Å²) < 4.78 is 7.70. The molecule has 1 saturated heterocycles. The molecule has 4 rings (SSSR count). The van der Waals surface area contributed by atoms with Gasteiger partial charge in [0.05, 0.1) is 0 Å². The van der Waals surface area contributed by atoms with Crippen molar-refractivity contribution in [1.82, 2.24) is 19.7 Å². The zero-order valence-corrected chi connectivity index (χ0v) is 19.0. The van der Waals surface area contributed by atoms with E-state index < -0.39 is 0 Å². The van der Waals surface area contributed by atoms with Crippen molar-refractivity contribution in [3.05, 3.63) is 70.5 Å². The maximum atomic E-state index is 12.8. The second kappa shape index (κ2) is 10.2. The maximum Gasteiger partial charge on any atom is 0.253 e. The van der Waals surface area contributed by atoms with Gasteiger partial charge < -0.3 is 14.2 Å². The Hall–Kier alpha value is -2.51. The summed E-state index contributed by atoms with van der Waals surface area (Å²) in [5, 5.41) is 10.0. The number of hydrogen-bond acceptors (Lipinski definition) is 5. The molecule has 1 amide bonds. The van der Waals surface area contributed by atoms with Gasteiger partial charge in [-0.25, -0.2) is 0 Å². The molecule has 0 bridgehead atoms. The third kappa shape index (κ3) is 5.60. The lowest BCUT2D eigenvalue weighted by Gasteiger charge is -2.26. The number of benzene rings is 2. The van der Waals surface area contributed by atoms with Gasteiger partial charge in [-0.2, -0.15) is 0 Å². The largest absolute Gasteiger partial charge is 0.486 e. The summed E-state index contributed by atoms with van der Waals surface area (Å²) >= 11 is 7.50. The van der Waals surface area contributed by atoms with Gasteiger partial charge in [-0.05, 0) is 61.2 Å². The van der Waals surface area contributed by atoms with Gasteiger partial charge in [-0.3, -0.25) is 4.79 Å². The minimum absolute atomic E-state index is 0.131. The van der Waals surface area contributed by atoms with Gasteiger partial charge in [0.15, 0.2) is 11.0 Å². The Labute approximate surface area is 191 Å². The minimum Gasteiger partial charge on any atom is -0.486 e. The van der Waals surface area contributed by atoms with Gasteiger partial charge in [0.25, 0.3) is 5.91 Å². The van der Waals surface area contributed by atoms with E-state index in [9.17, 15) is 4.79 Å². The van der Waals surface area contributed by atoms with E-state index in [1.165, 1.54) is 6.42 Å². The fraction of sp³-hybridized carbons (Fsp3) is 0.348. The molecule has 0 unspecified atom stereocenters. The molecule has 6 nitrogen and oxygen atoms in total. The molecule has 31 heavy (non-hydrogen) atoms. The van der Waals surface area contributed by atoms with Crippen molar-refractivity contribution in [2.24, 2.45) is 7.05 Å². The van der Waals surface area contributed by atoms with Crippen LogP contribution in [0.3, 0.4) is 0 Å². The maximum absolute atomic E-state index is 12.8. The molecule has 2 heterocycles. The minimum atomic E-state index is 0.131. The van der Waals surface area contributed by atoms with E-state index in [1.54, 1.807) is 23.9 Å². The molecule has 162 valence electrons. The summed E-state index contributed by atoms with van der Waals surface area (Å²) in [4.78, 5) is 14.7. The van der Waals surface area contributed by atoms with Crippen LogP contribution in [-0.2, 0) is 19.4 Å². The Kier molecular flexibility index (Phi) is 7.14. The zero-order chi connectivity index (χ0) is 21.6. The summed E-state index contributed by atoms with van der Waals surface area (Å²) in [5.41, 5.74) is 1.85. The molecule has 0 spiro atoms. The van der Waals surface area contributed by atoms with Crippen molar-refractivity contribution in [3.63, 3.8) is 0 Å². The fourth-order valence-electron chi connectivity index (χ4n) is 3.50. The number of ether oxygens (including phenoxy) is 1. The van der Waals surface area contributed by atoms with E-state index in [0.717, 1.165) is 53.8 Å². The summed E-state index contributed by atoms with van der Waals surface area (Å²) in [6.07, 6.45) is 3.40. The highest BCUT2D eigenvalue weighted by atomic mass is 35.5.